The first-order chi connectivity index (χ1) is 6.72. The minimum Gasteiger partial charge on any atom is -0.396 e. The molecule has 1 N–H and O–H groups in total. The molecule has 0 aromatic carbocycles. The number of hydrogen-bond donors (Lipinski definition) is 1. The molecule has 0 saturated heterocycles. The van der Waals surface area contributed by atoms with Crippen molar-refractivity contribution in [1.82, 2.24) is 0 Å². The van der Waals surface area contributed by atoms with Crippen LogP contribution in [0.5, 0.6) is 0 Å². The average molecular weight is 194 g/mol. The third-order valence-electron chi connectivity index (χ3n) is 1.61. The topological polar surface area (TPSA) is 20.2 Å². The predicted molar refractivity (Wildman–Crippen MR) is 56.1 cm³/mol. The van der Waals surface area contributed by atoms with Crippen LogP contribution in [0.3, 0.4) is 0 Å². The number of alkyl halides is 1. The zero-order chi connectivity index (χ0) is 10.8. The molecular formula is C12H15FO. The van der Waals surface area contributed by atoms with Crippen LogP contribution in [0, 0.1) is 29.6 Å². The lowest BCUT2D eigenvalue weighted by molar-refractivity contribution is 0.290. The second-order valence-corrected chi connectivity index (χ2v) is 2.87. The molecule has 1 nitrogen and oxygen atoms in total. The molecule has 0 fully saturated rings. The third kappa shape index (κ3) is 6.29. The van der Waals surface area contributed by atoms with E-state index in [-0.39, 0.29) is 12.5 Å². The van der Waals surface area contributed by atoms with Crippen molar-refractivity contribution in [2.75, 3.05) is 6.61 Å². The van der Waals surface area contributed by atoms with Gasteiger partial charge in [-0.15, -0.1) is 6.58 Å². The Bertz CT molecular complexity index is 274. The van der Waals surface area contributed by atoms with Crippen molar-refractivity contribution in [2.24, 2.45) is 5.92 Å². The number of hydrogen-bond acceptors (Lipinski definition) is 1. The van der Waals surface area contributed by atoms with Crippen molar-refractivity contribution in [2.45, 2.75) is 25.9 Å². The minimum atomic E-state index is -1.10. The van der Waals surface area contributed by atoms with Gasteiger partial charge < -0.3 is 5.11 Å². The van der Waals surface area contributed by atoms with E-state index in [0.717, 1.165) is 0 Å². The third-order valence-corrected chi connectivity index (χ3v) is 1.61. The van der Waals surface area contributed by atoms with Crippen LogP contribution in [0.1, 0.15) is 19.8 Å². The highest BCUT2D eigenvalue weighted by atomic mass is 19.1. The maximum absolute atomic E-state index is 12.9. The Morgan fingerprint density at radius 1 is 1.50 bits per heavy atom. The SMILES string of the molecule is C=CC(F)C(C)C#CC#CCCCO. The number of allylic oxidation sites excluding steroid dienone is 1. The second kappa shape index (κ2) is 8.35. The molecule has 0 radical (unpaired) electrons. The summed E-state index contributed by atoms with van der Waals surface area (Å²) >= 11 is 0. The maximum atomic E-state index is 12.9. The van der Waals surface area contributed by atoms with Crippen LogP contribution in [0.2, 0.25) is 0 Å². The number of unbranched alkanes of at least 4 members (excludes halogenated alkanes) is 1. The largest absolute Gasteiger partial charge is 0.396 e. The van der Waals surface area contributed by atoms with Gasteiger partial charge in [0, 0.05) is 13.0 Å². The summed E-state index contributed by atoms with van der Waals surface area (Å²) in [7, 11) is 0. The van der Waals surface area contributed by atoms with Crippen LogP contribution < -0.4 is 0 Å². The van der Waals surface area contributed by atoms with Gasteiger partial charge >= 0.3 is 0 Å². The number of aliphatic hydroxyl groups is 1. The zero-order valence-electron chi connectivity index (χ0n) is 8.39. The monoisotopic (exact) mass is 194 g/mol. The van der Waals surface area contributed by atoms with Gasteiger partial charge in [0.25, 0.3) is 0 Å². The van der Waals surface area contributed by atoms with Crippen molar-refractivity contribution < 1.29 is 9.50 Å². The quantitative estimate of drug-likeness (QED) is 0.412. The lowest BCUT2D eigenvalue weighted by atomic mass is 10.1. The van der Waals surface area contributed by atoms with E-state index < -0.39 is 6.17 Å². The summed E-state index contributed by atoms with van der Waals surface area (Å²) in [5.74, 6) is 10.3. The van der Waals surface area contributed by atoms with Gasteiger partial charge in [-0.3, -0.25) is 0 Å². The molecule has 0 bridgehead atoms. The molecule has 0 spiro atoms. The average Bonchev–Trinajstić information content (AvgIpc) is 2.21. The van der Waals surface area contributed by atoms with Crippen molar-refractivity contribution >= 4 is 0 Å². The van der Waals surface area contributed by atoms with Gasteiger partial charge in [0.15, 0.2) is 0 Å². The predicted octanol–water partition coefficient (Wildman–Crippen LogP) is 1.93. The summed E-state index contributed by atoms with van der Waals surface area (Å²) in [6.07, 6.45) is 1.42. The van der Waals surface area contributed by atoms with Gasteiger partial charge in [-0.25, -0.2) is 4.39 Å². The fourth-order valence-electron chi connectivity index (χ4n) is 0.708. The van der Waals surface area contributed by atoms with Crippen molar-refractivity contribution in [1.29, 1.82) is 0 Å². The molecule has 0 rings (SSSR count). The Kier molecular flexibility index (Phi) is 7.61. The molecule has 0 saturated carbocycles. The summed E-state index contributed by atoms with van der Waals surface area (Å²) in [5.41, 5.74) is 0. The molecular weight excluding hydrogens is 179 g/mol. The molecule has 0 aliphatic rings. The Morgan fingerprint density at radius 3 is 2.79 bits per heavy atom. The Balaban J connectivity index is 3.89. The highest BCUT2D eigenvalue weighted by Gasteiger charge is 2.07. The van der Waals surface area contributed by atoms with Crippen LogP contribution >= 0.6 is 0 Å². The number of halogens is 1. The van der Waals surface area contributed by atoms with Crippen LogP contribution in [0.25, 0.3) is 0 Å². The zero-order valence-corrected chi connectivity index (χ0v) is 8.39. The van der Waals surface area contributed by atoms with Crippen LogP contribution in [0.4, 0.5) is 4.39 Å². The molecule has 0 heterocycles. The van der Waals surface area contributed by atoms with E-state index in [1.807, 2.05) is 0 Å². The van der Waals surface area contributed by atoms with E-state index in [9.17, 15) is 4.39 Å². The van der Waals surface area contributed by atoms with Gasteiger partial charge in [0.05, 0.1) is 5.92 Å². The van der Waals surface area contributed by atoms with E-state index in [1.54, 1.807) is 6.92 Å². The molecule has 2 unspecified atom stereocenters. The van der Waals surface area contributed by atoms with E-state index in [4.69, 9.17) is 5.11 Å². The fraction of sp³-hybridized carbons (Fsp3) is 0.500. The molecule has 0 amide bonds. The van der Waals surface area contributed by atoms with E-state index in [0.29, 0.717) is 12.8 Å². The Labute approximate surface area is 85.0 Å². The van der Waals surface area contributed by atoms with Gasteiger partial charge in [0.1, 0.15) is 6.17 Å². The standard InChI is InChI=1S/C12H15FO/c1-3-12(13)11(2)9-7-5-4-6-8-10-14/h3,11-12,14H,1,6,8,10H2,2H3. The van der Waals surface area contributed by atoms with Crippen LogP contribution in [-0.2, 0) is 0 Å². The van der Waals surface area contributed by atoms with Gasteiger partial charge in [-0.1, -0.05) is 17.9 Å². The van der Waals surface area contributed by atoms with E-state index in [2.05, 4.69) is 30.3 Å². The van der Waals surface area contributed by atoms with Crippen molar-refractivity contribution in [3.63, 3.8) is 0 Å². The van der Waals surface area contributed by atoms with Gasteiger partial charge in [-0.2, -0.15) is 0 Å². The molecule has 0 aromatic rings. The summed E-state index contributed by atoms with van der Waals surface area (Å²) in [4.78, 5) is 0. The van der Waals surface area contributed by atoms with Crippen LogP contribution in [0.15, 0.2) is 12.7 Å². The minimum absolute atomic E-state index is 0.140. The second-order valence-electron chi connectivity index (χ2n) is 2.87. The Morgan fingerprint density at radius 2 is 2.21 bits per heavy atom. The molecule has 0 aliphatic heterocycles. The Hall–Kier alpha value is -1.25. The van der Waals surface area contributed by atoms with Crippen molar-refractivity contribution in [3.8, 4) is 23.7 Å². The summed E-state index contributed by atoms with van der Waals surface area (Å²) < 4.78 is 12.9. The van der Waals surface area contributed by atoms with E-state index >= 15 is 0 Å². The van der Waals surface area contributed by atoms with Gasteiger partial charge in [0.2, 0.25) is 0 Å². The van der Waals surface area contributed by atoms with Crippen molar-refractivity contribution in [3.05, 3.63) is 12.7 Å². The van der Waals surface area contributed by atoms with Crippen LogP contribution in [-0.4, -0.2) is 17.9 Å². The molecule has 0 aliphatic carbocycles. The lowest BCUT2D eigenvalue weighted by Crippen LogP contribution is -2.06. The first-order valence-electron chi connectivity index (χ1n) is 4.58. The highest BCUT2D eigenvalue weighted by Crippen LogP contribution is 2.05. The molecule has 14 heavy (non-hydrogen) atoms. The van der Waals surface area contributed by atoms with Gasteiger partial charge in [-0.05, 0) is 25.2 Å². The lowest BCUT2D eigenvalue weighted by Gasteiger charge is -2.02. The molecule has 2 atom stereocenters. The van der Waals surface area contributed by atoms with E-state index in [1.165, 1.54) is 6.08 Å². The normalized spacial score (nSPS) is 12.8. The molecule has 0 aromatic heterocycles. The highest BCUT2D eigenvalue weighted by molar-refractivity contribution is 5.27. The molecule has 2 heteroatoms. The number of rotatable bonds is 4. The maximum Gasteiger partial charge on any atom is 0.131 e. The summed E-state index contributed by atoms with van der Waals surface area (Å²) in [6.45, 7) is 5.17. The smallest absolute Gasteiger partial charge is 0.131 e. The summed E-state index contributed by atoms with van der Waals surface area (Å²) in [6, 6.07) is 0. The first kappa shape index (κ1) is 12.8. The fourth-order valence-corrected chi connectivity index (χ4v) is 0.708. The summed E-state index contributed by atoms with van der Waals surface area (Å²) in [5, 5.41) is 8.45. The first-order valence-corrected chi connectivity index (χ1v) is 4.58. The number of aliphatic hydroxyl groups excluding tert-OH is 1. The molecule has 76 valence electrons.